The average molecular weight is 603 g/mol. The fourth-order valence-corrected chi connectivity index (χ4v) is 6.84. The number of nitrogens with one attached hydrogen (secondary N) is 2. The molecule has 3 atom stereocenters. The highest BCUT2D eigenvalue weighted by atomic mass is 32.2. The lowest BCUT2D eigenvalue weighted by molar-refractivity contribution is -0.132. The van der Waals surface area contributed by atoms with E-state index >= 15 is 0 Å². The molecule has 2 aliphatic rings. The quantitative estimate of drug-likeness (QED) is 0.302. The van der Waals surface area contributed by atoms with E-state index in [1.165, 1.54) is 18.3 Å². The van der Waals surface area contributed by atoms with Crippen LogP contribution in [0.5, 0.6) is 0 Å². The van der Waals surface area contributed by atoms with E-state index < -0.39 is 45.9 Å². The number of ketones is 1. The fraction of sp³-hybridized carbons (Fsp3) is 0.323. The number of nitrogens with two attached hydrogens (primary N) is 1. The topological polar surface area (TPSA) is 164 Å². The molecular weight excluding hydrogens is 568 g/mol. The van der Waals surface area contributed by atoms with E-state index in [0.29, 0.717) is 25.9 Å². The Morgan fingerprint density at radius 1 is 1.05 bits per heavy atom. The number of carbonyl (C=O) groups excluding carboxylic acids is 3. The molecule has 2 aliphatic heterocycles. The monoisotopic (exact) mass is 602 g/mol. The zero-order chi connectivity index (χ0) is 30.6. The van der Waals surface area contributed by atoms with Crippen LogP contribution >= 0.6 is 0 Å². The number of nitrogens with zero attached hydrogens (tertiary/aromatic N) is 3. The standard InChI is InChI=1S/C31H34N6O5S/c1-21(31(13-4-14-34-31)29(39)23-11-17-37(18-12-23)25-9-15-33-16-10-25)28(30(32)40)36-27(38)20-35-43(41,42)26-8-7-22-5-2-3-6-24(22)19-26/h2-10,13-16,19,21,23,28,35H,11-12,17-18,20H2,1H3,(H2,32,40)(H,36,38). The van der Waals surface area contributed by atoms with Crippen molar-refractivity contribution in [1.29, 1.82) is 0 Å². The van der Waals surface area contributed by atoms with Crippen LogP contribution in [-0.2, 0) is 24.4 Å². The van der Waals surface area contributed by atoms with Gasteiger partial charge < -0.3 is 16.0 Å². The molecule has 2 amide bonds. The van der Waals surface area contributed by atoms with Crippen molar-refractivity contribution in [2.24, 2.45) is 22.6 Å². The molecule has 1 fully saturated rings. The first-order valence-electron chi connectivity index (χ1n) is 14.1. The number of hydrogen-bond donors (Lipinski definition) is 3. The molecule has 0 radical (unpaired) electrons. The van der Waals surface area contributed by atoms with Crippen molar-refractivity contribution in [3.8, 4) is 0 Å². The van der Waals surface area contributed by atoms with Gasteiger partial charge in [0.05, 0.1) is 11.4 Å². The molecule has 11 nitrogen and oxygen atoms in total. The van der Waals surface area contributed by atoms with Crippen LogP contribution in [0.4, 0.5) is 5.69 Å². The van der Waals surface area contributed by atoms with Gasteiger partial charge in [0, 0.05) is 49.2 Å². The Hall–Kier alpha value is -4.42. The van der Waals surface area contributed by atoms with Crippen LogP contribution in [0.3, 0.4) is 0 Å². The maximum absolute atomic E-state index is 14.0. The highest BCUT2D eigenvalue weighted by molar-refractivity contribution is 7.89. The molecule has 12 heteroatoms. The van der Waals surface area contributed by atoms with E-state index in [9.17, 15) is 22.8 Å². The Morgan fingerprint density at radius 3 is 2.40 bits per heavy atom. The minimum atomic E-state index is -4.03. The second kappa shape index (κ2) is 12.4. The van der Waals surface area contributed by atoms with Crippen LogP contribution in [-0.4, -0.2) is 68.4 Å². The number of carbonyl (C=O) groups is 3. The number of amides is 2. The predicted octanol–water partition coefficient (Wildman–Crippen LogP) is 1.98. The van der Waals surface area contributed by atoms with Gasteiger partial charge >= 0.3 is 0 Å². The molecule has 0 saturated carbocycles. The van der Waals surface area contributed by atoms with Gasteiger partial charge in [0.1, 0.15) is 11.6 Å². The Bertz CT molecular complexity index is 1670. The van der Waals surface area contributed by atoms with E-state index in [1.807, 2.05) is 24.3 Å². The summed E-state index contributed by atoms with van der Waals surface area (Å²) in [5.74, 6) is -2.89. The van der Waals surface area contributed by atoms with Gasteiger partial charge in [0.25, 0.3) is 0 Å². The summed E-state index contributed by atoms with van der Waals surface area (Å²) >= 11 is 0. The molecule has 5 rings (SSSR count). The summed E-state index contributed by atoms with van der Waals surface area (Å²) in [7, 11) is -4.03. The third-order valence-electron chi connectivity index (χ3n) is 8.28. The van der Waals surface area contributed by atoms with Gasteiger partial charge in [0.15, 0.2) is 5.78 Å². The maximum atomic E-state index is 14.0. The summed E-state index contributed by atoms with van der Waals surface area (Å²) < 4.78 is 28.1. The number of aliphatic imine (C=N–C) groups is 1. The van der Waals surface area contributed by atoms with E-state index in [2.05, 4.69) is 24.9 Å². The minimum absolute atomic E-state index is 0.00350. The highest BCUT2D eigenvalue weighted by Crippen LogP contribution is 2.36. The first-order valence-corrected chi connectivity index (χ1v) is 15.6. The smallest absolute Gasteiger partial charge is 0.241 e. The van der Waals surface area contributed by atoms with E-state index in [-0.39, 0.29) is 16.6 Å². The number of aromatic nitrogens is 1. The number of hydrogen-bond acceptors (Lipinski definition) is 8. The second-order valence-electron chi connectivity index (χ2n) is 10.9. The first kappa shape index (κ1) is 30.1. The van der Waals surface area contributed by atoms with Gasteiger partial charge in [-0.3, -0.25) is 24.4 Å². The first-order chi connectivity index (χ1) is 20.6. The van der Waals surface area contributed by atoms with Crippen LogP contribution in [0, 0.1) is 11.8 Å². The van der Waals surface area contributed by atoms with E-state index in [1.54, 1.807) is 49.7 Å². The van der Waals surface area contributed by atoms with Crippen molar-refractivity contribution in [3.63, 3.8) is 0 Å². The SMILES string of the molecule is CC(C(NC(=O)CNS(=O)(=O)c1ccc2ccccc2c1)C(N)=O)C1(C(=O)C2CCN(c3ccncc3)CC2)C=CC=N1. The number of primary amides is 1. The third-order valence-corrected chi connectivity index (χ3v) is 9.68. The van der Waals surface area contributed by atoms with Gasteiger partial charge in [-0.25, -0.2) is 13.1 Å². The zero-order valence-electron chi connectivity index (χ0n) is 23.7. The van der Waals surface area contributed by atoms with E-state index in [0.717, 1.165) is 16.5 Å². The average Bonchev–Trinajstić information content (AvgIpc) is 3.53. The van der Waals surface area contributed by atoms with Crippen LogP contribution < -0.4 is 20.7 Å². The van der Waals surface area contributed by atoms with Crippen molar-refractivity contribution in [2.45, 2.75) is 36.2 Å². The number of piperidine rings is 1. The lowest BCUT2D eigenvalue weighted by atomic mass is 9.72. The number of allylic oxidation sites excluding steroid dienone is 1. The van der Waals surface area contributed by atoms with Crippen molar-refractivity contribution >= 4 is 50.3 Å². The Morgan fingerprint density at radius 2 is 1.74 bits per heavy atom. The molecule has 224 valence electrons. The van der Waals surface area contributed by atoms with Crippen LogP contribution in [0.15, 0.2) is 89.0 Å². The molecule has 0 aliphatic carbocycles. The van der Waals surface area contributed by atoms with Crippen molar-refractivity contribution in [2.75, 3.05) is 24.5 Å². The maximum Gasteiger partial charge on any atom is 0.241 e. The predicted molar refractivity (Wildman–Crippen MR) is 164 cm³/mol. The molecule has 3 aromatic rings. The summed E-state index contributed by atoms with van der Waals surface area (Å²) in [6.07, 6.45) is 9.48. The van der Waals surface area contributed by atoms with Crippen LogP contribution in [0.1, 0.15) is 19.8 Å². The number of sulfonamides is 1. The molecule has 0 spiro atoms. The van der Waals surface area contributed by atoms with Crippen LogP contribution in [0.2, 0.25) is 0 Å². The minimum Gasteiger partial charge on any atom is -0.371 e. The number of fused-ring (bicyclic) bond motifs is 1. The summed E-state index contributed by atoms with van der Waals surface area (Å²) in [5, 5.41) is 4.16. The van der Waals surface area contributed by atoms with Gasteiger partial charge in [-0.2, -0.15) is 0 Å². The third kappa shape index (κ3) is 6.35. The Kier molecular flexibility index (Phi) is 8.69. The summed E-state index contributed by atoms with van der Waals surface area (Å²) in [6, 6.07) is 14.6. The molecule has 1 aromatic heterocycles. The number of rotatable bonds is 11. The van der Waals surface area contributed by atoms with E-state index in [4.69, 9.17) is 5.73 Å². The highest BCUT2D eigenvalue weighted by Gasteiger charge is 2.49. The van der Waals surface area contributed by atoms with Crippen molar-refractivity contribution in [1.82, 2.24) is 15.0 Å². The van der Waals surface area contributed by atoms with Crippen molar-refractivity contribution in [3.05, 3.63) is 79.1 Å². The molecule has 3 unspecified atom stereocenters. The molecule has 2 aromatic carbocycles. The number of benzene rings is 2. The molecule has 1 saturated heterocycles. The van der Waals surface area contributed by atoms with Gasteiger partial charge in [-0.1, -0.05) is 37.3 Å². The second-order valence-corrected chi connectivity index (χ2v) is 12.6. The van der Waals surface area contributed by atoms with Gasteiger partial charge in [0.2, 0.25) is 21.8 Å². The fourth-order valence-electron chi connectivity index (χ4n) is 5.82. The summed E-state index contributed by atoms with van der Waals surface area (Å²) in [5.41, 5.74) is 5.36. The molecule has 0 bridgehead atoms. The molecule has 3 heterocycles. The lowest BCUT2D eigenvalue weighted by Gasteiger charge is -2.39. The molecule has 4 N–H and O–H groups in total. The Labute approximate surface area is 250 Å². The zero-order valence-corrected chi connectivity index (χ0v) is 24.5. The number of anilines is 1. The number of pyridine rings is 1. The van der Waals surface area contributed by atoms with Gasteiger partial charge in [-0.05, 0) is 60.0 Å². The largest absolute Gasteiger partial charge is 0.371 e. The normalized spacial score (nSPS) is 20.2. The lowest BCUT2D eigenvalue weighted by Crippen LogP contribution is -2.59. The summed E-state index contributed by atoms with van der Waals surface area (Å²) in [4.78, 5) is 50.2. The van der Waals surface area contributed by atoms with Crippen LogP contribution in [0.25, 0.3) is 10.8 Å². The summed E-state index contributed by atoms with van der Waals surface area (Å²) in [6.45, 7) is 2.36. The Balaban J connectivity index is 1.25. The number of Topliss-reactive ketones (excluding diaryl/α,β-unsaturated/α-hetero) is 1. The molecular formula is C31H34N6O5S. The van der Waals surface area contributed by atoms with Crippen molar-refractivity contribution < 1.29 is 22.8 Å². The molecule has 43 heavy (non-hydrogen) atoms. The van der Waals surface area contributed by atoms with Gasteiger partial charge in [-0.15, -0.1) is 0 Å².